The third-order valence-corrected chi connectivity index (χ3v) is 5.86. The number of nitrogens with zero attached hydrogens (tertiary/aromatic N) is 4. The van der Waals surface area contributed by atoms with Crippen molar-refractivity contribution in [3.63, 3.8) is 0 Å². The third-order valence-electron chi connectivity index (χ3n) is 4.27. The number of nitrogens with one attached hydrogen (secondary N) is 1. The third kappa shape index (κ3) is 3.76. The second-order valence-corrected chi connectivity index (χ2v) is 7.75. The Labute approximate surface area is 143 Å². The average Bonchev–Trinajstić information content (AvgIpc) is 3.20. The van der Waals surface area contributed by atoms with Crippen molar-refractivity contribution in [2.45, 2.75) is 26.4 Å². The number of aromatic nitrogens is 3. The van der Waals surface area contributed by atoms with E-state index in [1.165, 1.54) is 17.0 Å². The van der Waals surface area contributed by atoms with Gasteiger partial charge < -0.3 is 5.32 Å². The zero-order valence-electron chi connectivity index (χ0n) is 13.0. The molecule has 120 valence electrons. The molecular weight excluding hydrogens is 362 g/mol. The van der Waals surface area contributed by atoms with E-state index in [0.29, 0.717) is 0 Å². The fourth-order valence-corrected chi connectivity index (χ4v) is 4.22. The normalized spacial score (nSPS) is 18.5. The first-order valence-electron chi connectivity index (χ1n) is 7.62. The average molecular weight is 384 g/mol. The Morgan fingerprint density at radius 1 is 1.50 bits per heavy atom. The van der Waals surface area contributed by atoms with Crippen molar-refractivity contribution in [3.05, 3.63) is 32.4 Å². The number of halogens is 1. The van der Waals surface area contributed by atoms with E-state index < -0.39 is 0 Å². The molecule has 1 aliphatic rings. The Balaban J connectivity index is 1.74. The number of rotatable bonds is 6. The molecule has 0 aromatic carbocycles. The molecule has 0 radical (unpaired) electrons. The molecule has 1 aliphatic heterocycles. The molecule has 1 unspecified atom stereocenters. The van der Waals surface area contributed by atoms with Crippen LogP contribution in [0.1, 0.15) is 22.7 Å². The van der Waals surface area contributed by atoms with E-state index in [2.05, 4.69) is 43.2 Å². The number of aryl methyl sites for hydroxylation is 2. The molecular formula is C15H22BrN5S. The minimum atomic E-state index is 0.736. The summed E-state index contributed by atoms with van der Waals surface area (Å²) in [7, 11) is 2.01. The van der Waals surface area contributed by atoms with Crippen molar-refractivity contribution in [1.82, 2.24) is 25.0 Å². The molecule has 3 rings (SSSR count). The van der Waals surface area contributed by atoms with Crippen LogP contribution in [-0.2, 0) is 20.1 Å². The van der Waals surface area contributed by atoms with Gasteiger partial charge >= 0.3 is 0 Å². The van der Waals surface area contributed by atoms with Crippen molar-refractivity contribution < 1.29 is 0 Å². The molecule has 0 bridgehead atoms. The lowest BCUT2D eigenvalue weighted by molar-refractivity contribution is 0.216. The van der Waals surface area contributed by atoms with Gasteiger partial charge in [0.15, 0.2) is 0 Å². The molecule has 0 amide bonds. The second kappa shape index (κ2) is 7.21. The standard InChI is InChI=1S/C15H22BrN5S/c1-11-15(22-10-18-11)9-21(7-12-3-4-17-5-12)8-14-13(16)6-19-20(14)2/h6,10,12,17H,3-5,7-9H2,1-2H3. The van der Waals surface area contributed by atoms with Gasteiger partial charge in [0.05, 0.1) is 27.6 Å². The van der Waals surface area contributed by atoms with Crippen LogP contribution in [-0.4, -0.2) is 39.3 Å². The molecule has 2 aromatic rings. The van der Waals surface area contributed by atoms with E-state index in [-0.39, 0.29) is 0 Å². The van der Waals surface area contributed by atoms with Crippen LogP contribution in [0.15, 0.2) is 16.2 Å². The molecule has 3 heterocycles. The minimum absolute atomic E-state index is 0.736. The van der Waals surface area contributed by atoms with Gasteiger partial charge in [0.2, 0.25) is 0 Å². The Bertz CT molecular complexity index is 598. The van der Waals surface area contributed by atoms with Gasteiger partial charge in [-0.25, -0.2) is 4.98 Å². The summed E-state index contributed by atoms with van der Waals surface area (Å²) in [5, 5.41) is 7.80. The predicted octanol–water partition coefficient (Wildman–Crippen LogP) is 2.56. The first kappa shape index (κ1) is 16.1. The minimum Gasteiger partial charge on any atom is -0.316 e. The van der Waals surface area contributed by atoms with Gasteiger partial charge in [-0.3, -0.25) is 9.58 Å². The van der Waals surface area contributed by atoms with Crippen molar-refractivity contribution >= 4 is 27.3 Å². The van der Waals surface area contributed by atoms with E-state index in [0.717, 1.165) is 48.8 Å². The SMILES string of the molecule is Cc1ncsc1CN(Cc1c(Br)cnn1C)CC1CCNC1. The Morgan fingerprint density at radius 3 is 2.95 bits per heavy atom. The van der Waals surface area contributed by atoms with Crippen LogP contribution in [0.3, 0.4) is 0 Å². The number of hydrogen-bond acceptors (Lipinski definition) is 5. The van der Waals surface area contributed by atoms with Crippen molar-refractivity contribution in [2.75, 3.05) is 19.6 Å². The van der Waals surface area contributed by atoms with E-state index in [9.17, 15) is 0 Å². The summed E-state index contributed by atoms with van der Waals surface area (Å²) in [6.45, 7) is 7.36. The summed E-state index contributed by atoms with van der Waals surface area (Å²) >= 11 is 5.37. The molecule has 1 saturated heterocycles. The maximum absolute atomic E-state index is 4.39. The fraction of sp³-hybridized carbons (Fsp3) is 0.600. The monoisotopic (exact) mass is 383 g/mol. The van der Waals surface area contributed by atoms with Gasteiger partial charge in [-0.15, -0.1) is 11.3 Å². The van der Waals surface area contributed by atoms with Crippen LogP contribution < -0.4 is 5.32 Å². The van der Waals surface area contributed by atoms with Crippen LogP contribution in [0.25, 0.3) is 0 Å². The maximum Gasteiger partial charge on any atom is 0.0798 e. The molecule has 1 atom stereocenters. The molecule has 22 heavy (non-hydrogen) atoms. The van der Waals surface area contributed by atoms with Crippen molar-refractivity contribution in [3.8, 4) is 0 Å². The predicted molar refractivity (Wildman–Crippen MR) is 92.8 cm³/mol. The summed E-state index contributed by atoms with van der Waals surface area (Å²) < 4.78 is 3.05. The van der Waals surface area contributed by atoms with E-state index in [1.807, 2.05) is 23.4 Å². The molecule has 2 aromatic heterocycles. The summed E-state index contributed by atoms with van der Waals surface area (Å²) in [4.78, 5) is 8.28. The van der Waals surface area contributed by atoms with Crippen molar-refractivity contribution in [2.24, 2.45) is 13.0 Å². The van der Waals surface area contributed by atoms with Crippen LogP contribution >= 0.6 is 27.3 Å². The Morgan fingerprint density at radius 2 is 2.36 bits per heavy atom. The first-order valence-corrected chi connectivity index (χ1v) is 9.29. The molecule has 5 nitrogen and oxygen atoms in total. The number of hydrogen-bond donors (Lipinski definition) is 1. The van der Waals surface area contributed by atoms with E-state index >= 15 is 0 Å². The topological polar surface area (TPSA) is 46.0 Å². The van der Waals surface area contributed by atoms with E-state index in [1.54, 1.807) is 11.3 Å². The van der Waals surface area contributed by atoms with Gasteiger partial charge in [0.1, 0.15) is 0 Å². The van der Waals surface area contributed by atoms with Gasteiger partial charge in [-0.1, -0.05) is 0 Å². The second-order valence-electron chi connectivity index (χ2n) is 5.95. The smallest absolute Gasteiger partial charge is 0.0798 e. The van der Waals surface area contributed by atoms with Gasteiger partial charge in [-0.2, -0.15) is 5.10 Å². The van der Waals surface area contributed by atoms with Gasteiger partial charge in [0, 0.05) is 31.6 Å². The van der Waals surface area contributed by atoms with Gasteiger partial charge in [-0.05, 0) is 48.3 Å². The van der Waals surface area contributed by atoms with Crippen LogP contribution in [0.5, 0.6) is 0 Å². The molecule has 0 spiro atoms. The van der Waals surface area contributed by atoms with Crippen LogP contribution in [0.4, 0.5) is 0 Å². The first-order chi connectivity index (χ1) is 10.6. The lowest BCUT2D eigenvalue weighted by Crippen LogP contribution is -2.30. The quantitative estimate of drug-likeness (QED) is 0.832. The Hall–Kier alpha value is -0.760. The van der Waals surface area contributed by atoms with Crippen LogP contribution in [0, 0.1) is 12.8 Å². The highest BCUT2D eigenvalue weighted by atomic mass is 79.9. The molecule has 1 N–H and O–H groups in total. The zero-order chi connectivity index (χ0) is 15.5. The highest BCUT2D eigenvalue weighted by molar-refractivity contribution is 9.10. The lowest BCUT2D eigenvalue weighted by Gasteiger charge is -2.25. The number of thiazole rings is 1. The van der Waals surface area contributed by atoms with Crippen LogP contribution in [0.2, 0.25) is 0 Å². The zero-order valence-corrected chi connectivity index (χ0v) is 15.5. The fourth-order valence-electron chi connectivity index (χ4n) is 2.93. The molecule has 0 aliphatic carbocycles. The summed E-state index contributed by atoms with van der Waals surface area (Å²) in [6, 6.07) is 0. The molecule has 0 saturated carbocycles. The van der Waals surface area contributed by atoms with E-state index in [4.69, 9.17) is 0 Å². The van der Waals surface area contributed by atoms with Crippen molar-refractivity contribution in [1.29, 1.82) is 0 Å². The highest BCUT2D eigenvalue weighted by Gasteiger charge is 2.21. The lowest BCUT2D eigenvalue weighted by atomic mass is 10.1. The Kier molecular flexibility index (Phi) is 5.28. The maximum atomic E-state index is 4.39. The largest absolute Gasteiger partial charge is 0.316 e. The molecule has 1 fully saturated rings. The molecule has 7 heteroatoms. The summed E-state index contributed by atoms with van der Waals surface area (Å²) in [6.07, 6.45) is 3.15. The van der Waals surface area contributed by atoms with Gasteiger partial charge in [0.25, 0.3) is 0 Å². The highest BCUT2D eigenvalue weighted by Crippen LogP contribution is 2.22. The summed E-state index contributed by atoms with van der Waals surface area (Å²) in [5.41, 5.74) is 4.33. The summed E-state index contributed by atoms with van der Waals surface area (Å²) in [5.74, 6) is 0.736.